The minimum absolute atomic E-state index is 0.104. The van der Waals surface area contributed by atoms with Crippen LogP contribution in [-0.2, 0) is 126 Å². The summed E-state index contributed by atoms with van der Waals surface area (Å²) >= 11 is 0. The largest absolute Gasteiger partial charge is 0.481 e. The summed E-state index contributed by atoms with van der Waals surface area (Å²) in [5.41, 5.74) is 9.37. The molecule has 0 aliphatic carbocycles. The molecule has 9 aromatic carbocycles. The van der Waals surface area contributed by atoms with E-state index in [0.29, 0.717) is 52.7 Å². The lowest BCUT2D eigenvalue weighted by Gasteiger charge is -2.46. The summed E-state index contributed by atoms with van der Waals surface area (Å²) in [5, 5.41) is 10.4. The Balaban J connectivity index is 0.705. The zero-order valence-corrected chi connectivity index (χ0v) is 66.9. The molecule has 0 aromatic heterocycles. The highest BCUT2D eigenvalue weighted by Crippen LogP contribution is 2.36. The predicted octanol–water partition coefficient (Wildman–Crippen LogP) is 21.3. The fraction of sp³-hybridized carbons (Fsp3) is 0.444. The van der Waals surface area contributed by atoms with Crippen LogP contribution in [0.25, 0.3) is 0 Å². The highest BCUT2D eigenvalue weighted by Gasteiger charge is 2.51. The molecule has 9 aromatic rings. The SMILES string of the molecule is C[C@H](CCCCC[C@H](CCCCCCCCCCCCC[C@H](CC(=O)O)O[C@@H]1O[C@H](COCc2ccccc2)[C@@H](OCc2ccccc2)[C@H](OCc2ccccc2)[C@H]1OCc1ccccc1)O[C@@H]1O[C@H](COCc2ccccc2)[C@@H](OCc2ccccc2)[C@H](OCc2ccccc2)[C@H]1OCc1ccccc1)OCc1ccccc1. The lowest BCUT2D eigenvalue weighted by molar-refractivity contribution is -0.337. The van der Waals surface area contributed by atoms with E-state index < -0.39 is 73.5 Å². The molecular formula is C99H122O15. The Hall–Kier alpha value is -8.07. The van der Waals surface area contributed by atoms with Crippen LogP contribution in [0.3, 0.4) is 0 Å². The van der Waals surface area contributed by atoms with Crippen molar-refractivity contribution in [1.82, 2.24) is 0 Å². The van der Waals surface area contributed by atoms with Crippen LogP contribution < -0.4 is 0 Å². The number of rotatable bonds is 55. The van der Waals surface area contributed by atoms with Crippen LogP contribution >= 0.6 is 0 Å². The number of hydrogen-bond donors (Lipinski definition) is 1. The number of carboxylic acids is 1. The molecular weight excluding hydrogens is 1430 g/mol. The van der Waals surface area contributed by atoms with Gasteiger partial charge in [-0.1, -0.05) is 363 Å². The summed E-state index contributed by atoms with van der Waals surface area (Å²) in [7, 11) is 0. The molecule has 1 N–H and O–H groups in total. The Morgan fingerprint density at radius 2 is 0.526 bits per heavy atom. The third-order valence-electron chi connectivity index (χ3n) is 21.3. The van der Waals surface area contributed by atoms with Crippen LogP contribution in [0.4, 0.5) is 0 Å². The smallest absolute Gasteiger partial charge is 0.305 e. The van der Waals surface area contributed by atoms with Gasteiger partial charge in [-0.3, -0.25) is 4.79 Å². The van der Waals surface area contributed by atoms with Gasteiger partial charge in [-0.2, -0.15) is 0 Å². The molecule has 0 amide bonds. The maximum atomic E-state index is 12.7. The lowest BCUT2D eigenvalue weighted by atomic mass is 9.97. The fourth-order valence-electron chi connectivity index (χ4n) is 15.0. The van der Waals surface area contributed by atoms with Gasteiger partial charge >= 0.3 is 5.97 Å². The first-order valence-electron chi connectivity index (χ1n) is 42.0. The quantitative estimate of drug-likeness (QED) is 0.0359. The number of benzene rings is 9. The van der Waals surface area contributed by atoms with Gasteiger partial charge in [-0.15, -0.1) is 0 Å². The van der Waals surface area contributed by atoms with Gasteiger partial charge in [0.15, 0.2) is 12.6 Å². The van der Waals surface area contributed by atoms with E-state index in [9.17, 15) is 9.90 Å². The zero-order chi connectivity index (χ0) is 78.5. The summed E-state index contributed by atoms with van der Waals surface area (Å²) in [6.45, 7) is 5.83. The molecule has 114 heavy (non-hydrogen) atoms. The second-order valence-electron chi connectivity index (χ2n) is 30.5. The highest BCUT2D eigenvalue weighted by atomic mass is 16.7. The summed E-state index contributed by atoms with van der Waals surface area (Å²) in [6.07, 6.45) is 10.4. The van der Waals surface area contributed by atoms with E-state index in [1.807, 2.05) is 200 Å². The molecule has 2 fully saturated rings. The van der Waals surface area contributed by atoms with Crippen molar-refractivity contribution in [2.24, 2.45) is 0 Å². The fourth-order valence-corrected chi connectivity index (χ4v) is 15.0. The first kappa shape index (κ1) is 86.8. The normalized spacial score (nSPS) is 20.4. The van der Waals surface area contributed by atoms with Crippen molar-refractivity contribution < 1.29 is 71.5 Å². The van der Waals surface area contributed by atoms with Crippen LogP contribution in [0.5, 0.6) is 0 Å². The number of ether oxygens (including phenoxy) is 13. The van der Waals surface area contributed by atoms with Gasteiger partial charge in [0.25, 0.3) is 0 Å². The summed E-state index contributed by atoms with van der Waals surface area (Å²) < 4.78 is 90.0. The standard InChI is InChI=1S/C99H122O15/c1-77(104-68-80-48-26-14-27-49-80)43-21-11-42-63-87(111-98-96(109-73-85-58-36-19-37-59-85)94(107-71-83-54-32-17-33-55-83)92(105-69-81-50-28-15-29-51-81)89(113-98)75-102-66-78-44-22-12-23-45-78)62-40-9-7-5-3-2-4-6-8-10-41-64-88(65-91(100)101)112-99-97(110-74-86-60-38-20-39-61-86)95(108-72-84-56-34-18-35-57-84)93(106-70-82-52-30-16-31-53-82)90(114-99)76-103-67-79-46-24-13-25-47-79/h12-20,22-39,44-61,77,87-90,92-99H,2-11,21,40-43,62-76H2,1H3,(H,100,101)/t77-,87+,88-,89-,90-,92-,93-,94+,95+,96-,97-,98-,99-/m1/s1. The van der Waals surface area contributed by atoms with E-state index in [2.05, 4.69) is 79.7 Å². The molecule has 2 heterocycles. The molecule has 0 spiro atoms. The average Bonchev–Trinajstić information content (AvgIpc) is 0.789. The molecule has 0 unspecified atom stereocenters. The van der Waals surface area contributed by atoms with Gasteiger partial charge in [-0.25, -0.2) is 0 Å². The topological polar surface area (TPSA) is 157 Å². The van der Waals surface area contributed by atoms with Gasteiger partial charge in [-0.05, 0) is 82.7 Å². The predicted molar refractivity (Wildman–Crippen MR) is 445 cm³/mol. The van der Waals surface area contributed by atoms with E-state index in [-0.39, 0.29) is 45.1 Å². The number of hydrogen-bond acceptors (Lipinski definition) is 14. The zero-order valence-electron chi connectivity index (χ0n) is 66.9. The van der Waals surface area contributed by atoms with Gasteiger partial charge in [0.2, 0.25) is 0 Å². The first-order valence-corrected chi connectivity index (χ1v) is 42.0. The molecule has 2 aliphatic rings. The maximum absolute atomic E-state index is 12.7. The molecule has 2 aliphatic heterocycles. The minimum Gasteiger partial charge on any atom is -0.481 e. The molecule has 608 valence electrons. The summed E-state index contributed by atoms with van der Waals surface area (Å²) in [6, 6.07) is 91.6. The van der Waals surface area contributed by atoms with E-state index >= 15 is 0 Å². The molecule has 0 saturated carbocycles. The maximum Gasteiger partial charge on any atom is 0.305 e. The van der Waals surface area contributed by atoms with Gasteiger partial charge in [0, 0.05) is 0 Å². The van der Waals surface area contributed by atoms with Gasteiger partial charge in [0.1, 0.15) is 48.8 Å². The molecule has 11 rings (SSSR count). The van der Waals surface area contributed by atoms with Crippen molar-refractivity contribution in [3.63, 3.8) is 0 Å². The van der Waals surface area contributed by atoms with Crippen molar-refractivity contribution in [2.75, 3.05) is 13.2 Å². The van der Waals surface area contributed by atoms with E-state index in [4.69, 9.17) is 61.6 Å². The lowest BCUT2D eigenvalue weighted by Crippen LogP contribution is -2.62. The highest BCUT2D eigenvalue weighted by molar-refractivity contribution is 5.67. The van der Waals surface area contributed by atoms with Crippen LogP contribution in [0.1, 0.15) is 179 Å². The van der Waals surface area contributed by atoms with Crippen LogP contribution in [0.15, 0.2) is 273 Å². The van der Waals surface area contributed by atoms with Crippen molar-refractivity contribution in [2.45, 2.75) is 268 Å². The number of carbonyl (C=O) groups is 1. The van der Waals surface area contributed by atoms with Gasteiger partial charge in [0.05, 0.1) is 97.4 Å². The monoisotopic (exact) mass is 1550 g/mol. The molecule has 0 radical (unpaired) electrons. The Labute approximate surface area is 678 Å². The van der Waals surface area contributed by atoms with Crippen molar-refractivity contribution in [3.05, 3.63) is 323 Å². The molecule has 15 heteroatoms. The van der Waals surface area contributed by atoms with E-state index in [0.717, 1.165) is 141 Å². The van der Waals surface area contributed by atoms with Crippen LogP contribution in [0.2, 0.25) is 0 Å². The van der Waals surface area contributed by atoms with E-state index in [1.165, 1.54) is 18.4 Å². The minimum atomic E-state index is -1.00. The van der Waals surface area contributed by atoms with Crippen molar-refractivity contribution in [3.8, 4) is 0 Å². The van der Waals surface area contributed by atoms with Crippen molar-refractivity contribution in [1.29, 1.82) is 0 Å². The van der Waals surface area contributed by atoms with E-state index in [1.54, 1.807) is 0 Å². The molecule has 2 saturated heterocycles. The molecule has 0 bridgehead atoms. The Morgan fingerprint density at radius 1 is 0.289 bits per heavy atom. The molecule has 15 nitrogen and oxygen atoms in total. The summed E-state index contributed by atoms with van der Waals surface area (Å²) in [5.74, 6) is -0.937. The number of aliphatic carboxylic acids is 1. The van der Waals surface area contributed by atoms with Crippen LogP contribution in [0, 0.1) is 0 Å². The average molecular weight is 1550 g/mol. The summed E-state index contributed by atoms with van der Waals surface area (Å²) in [4.78, 5) is 12.7. The van der Waals surface area contributed by atoms with Crippen LogP contribution in [-0.4, -0.2) is 104 Å². The Morgan fingerprint density at radius 3 is 0.833 bits per heavy atom. The Kier molecular flexibility index (Phi) is 38.9. The Bertz CT molecular complexity index is 3910. The third-order valence-corrected chi connectivity index (χ3v) is 21.3. The number of carboxylic acid groups (broad SMARTS) is 1. The second-order valence-corrected chi connectivity index (χ2v) is 30.5. The first-order chi connectivity index (χ1) is 56.3. The van der Waals surface area contributed by atoms with Crippen molar-refractivity contribution >= 4 is 5.97 Å². The number of unbranched alkanes of at least 4 members (excludes halogenated alkanes) is 12. The second kappa shape index (κ2) is 51.1. The van der Waals surface area contributed by atoms with Gasteiger partial charge < -0.3 is 66.7 Å². The third kappa shape index (κ3) is 31.5. The molecule has 13 atom stereocenters.